The van der Waals surface area contributed by atoms with Crippen molar-refractivity contribution >= 4 is 34.7 Å². The molecule has 0 saturated carbocycles. The number of benzene rings is 1. The first kappa shape index (κ1) is 14.2. The SMILES string of the molecule is Cc1nc(C(C)C)nc(C=Cc2ccccc2)c1I. The van der Waals surface area contributed by atoms with Gasteiger partial charge in [0.05, 0.1) is 15.0 Å². The van der Waals surface area contributed by atoms with E-state index in [0.717, 1.165) is 20.8 Å². The zero-order valence-corrected chi connectivity index (χ0v) is 13.5. The monoisotopic (exact) mass is 364 g/mol. The Morgan fingerprint density at radius 1 is 1.05 bits per heavy atom. The molecule has 0 spiro atoms. The molecule has 0 saturated heterocycles. The first-order valence-corrected chi connectivity index (χ1v) is 7.43. The first-order chi connectivity index (χ1) is 9.08. The summed E-state index contributed by atoms with van der Waals surface area (Å²) < 4.78 is 1.12. The maximum absolute atomic E-state index is 4.64. The molecular formula is C16H17IN2. The van der Waals surface area contributed by atoms with E-state index in [4.69, 9.17) is 0 Å². The van der Waals surface area contributed by atoms with Crippen LogP contribution in [0.3, 0.4) is 0 Å². The van der Waals surface area contributed by atoms with Gasteiger partial charge in [0.1, 0.15) is 5.82 Å². The number of aryl methyl sites for hydroxylation is 1. The molecule has 0 N–H and O–H groups in total. The van der Waals surface area contributed by atoms with Crippen molar-refractivity contribution in [3.63, 3.8) is 0 Å². The van der Waals surface area contributed by atoms with Gasteiger partial charge in [-0.2, -0.15) is 0 Å². The molecule has 1 aromatic carbocycles. The Hall–Kier alpha value is -1.23. The van der Waals surface area contributed by atoms with Gasteiger partial charge >= 0.3 is 0 Å². The van der Waals surface area contributed by atoms with Crippen LogP contribution in [0.1, 0.15) is 42.5 Å². The summed E-state index contributed by atoms with van der Waals surface area (Å²) in [5.74, 6) is 1.25. The van der Waals surface area contributed by atoms with Crippen LogP contribution in [0.2, 0.25) is 0 Å². The van der Waals surface area contributed by atoms with Crippen LogP contribution >= 0.6 is 22.6 Å². The molecule has 98 valence electrons. The maximum atomic E-state index is 4.64. The summed E-state index contributed by atoms with van der Waals surface area (Å²) in [6.45, 7) is 6.27. The number of hydrogen-bond donors (Lipinski definition) is 0. The van der Waals surface area contributed by atoms with Gasteiger partial charge in [0.25, 0.3) is 0 Å². The van der Waals surface area contributed by atoms with Gasteiger partial charge in [-0.1, -0.05) is 50.3 Å². The van der Waals surface area contributed by atoms with E-state index in [1.165, 1.54) is 5.56 Å². The van der Waals surface area contributed by atoms with Crippen molar-refractivity contribution < 1.29 is 0 Å². The topological polar surface area (TPSA) is 25.8 Å². The molecule has 1 aromatic heterocycles. The van der Waals surface area contributed by atoms with Crippen LogP contribution in [0.25, 0.3) is 12.2 Å². The third kappa shape index (κ3) is 3.62. The van der Waals surface area contributed by atoms with Crippen LogP contribution in [0, 0.1) is 10.5 Å². The zero-order valence-electron chi connectivity index (χ0n) is 11.4. The number of halogens is 1. The lowest BCUT2D eigenvalue weighted by Crippen LogP contribution is -2.04. The molecule has 0 aliphatic rings. The van der Waals surface area contributed by atoms with Crippen molar-refractivity contribution in [3.05, 3.63) is 56.7 Å². The Labute approximate surface area is 128 Å². The second kappa shape index (κ2) is 6.28. The normalized spacial score (nSPS) is 11.4. The van der Waals surface area contributed by atoms with E-state index in [1.54, 1.807) is 0 Å². The largest absolute Gasteiger partial charge is 0.237 e. The lowest BCUT2D eigenvalue weighted by atomic mass is 10.1. The van der Waals surface area contributed by atoms with Gasteiger partial charge in [-0.15, -0.1) is 0 Å². The maximum Gasteiger partial charge on any atom is 0.131 e. The Balaban J connectivity index is 2.37. The molecule has 0 bridgehead atoms. The fourth-order valence-corrected chi connectivity index (χ4v) is 2.13. The highest BCUT2D eigenvalue weighted by molar-refractivity contribution is 14.1. The lowest BCUT2D eigenvalue weighted by molar-refractivity contribution is 0.761. The van der Waals surface area contributed by atoms with Gasteiger partial charge in [-0.3, -0.25) is 0 Å². The van der Waals surface area contributed by atoms with Gasteiger partial charge < -0.3 is 0 Å². The second-order valence-corrected chi connectivity index (χ2v) is 5.84. The summed E-state index contributed by atoms with van der Waals surface area (Å²) in [4.78, 5) is 9.18. The third-order valence-corrected chi connectivity index (χ3v) is 4.14. The summed E-state index contributed by atoms with van der Waals surface area (Å²) in [5.41, 5.74) is 3.23. The fourth-order valence-electron chi connectivity index (χ4n) is 1.71. The van der Waals surface area contributed by atoms with E-state index < -0.39 is 0 Å². The summed E-state index contributed by atoms with van der Waals surface area (Å²) in [6, 6.07) is 10.3. The highest BCUT2D eigenvalue weighted by Gasteiger charge is 2.09. The molecule has 0 aliphatic heterocycles. The van der Waals surface area contributed by atoms with Crippen LogP contribution in [0.15, 0.2) is 30.3 Å². The molecule has 0 atom stereocenters. The van der Waals surface area contributed by atoms with Crippen molar-refractivity contribution in [2.45, 2.75) is 26.7 Å². The van der Waals surface area contributed by atoms with Gasteiger partial charge in [-0.05, 0) is 41.2 Å². The number of aromatic nitrogens is 2. The molecule has 0 fully saturated rings. The summed E-state index contributed by atoms with van der Waals surface area (Å²) in [6.07, 6.45) is 4.16. The molecule has 0 radical (unpaired) electrons. The number of rotatable bonds is 3. The zero-order chi connectivity index (χ0) is 13.8. The quantitative estimate of drug-likeness (QED) is 0.739. The Morgan fingerprint density at radius 2 is 1.74 bits per heavy atom. The molecular weight excluding hydrogens is 347 g/mol. The fraction of sp³-hybridized carbons (Fsp3) is 0.250. The third-order valence-electron chi connectivity index (χ3n) is 2.81. The number of hydrogen-bond acceptors (Lipinski definition) is 2. The van der Waals surface area contributed by atoms with E-state index in [0.29, 0.717) is 5.92 Å². The van der Waals surface area contributed by atoms with E-state index >= 15 is 0 Å². The van der Waals surface area contributed by atoms with E-state index in [9.17, 15) is 0 Å². The smallest absolute Gasteiger partial charge is 0.131 e. The minimum Gasteiger partial charge on any atom is -0.237 e. The van der Waals surface area contributed by atoms with Crippen molar-refractivity contribution in [1.29, 1.82) is 0 Å². The van der Waals surface area contributed by atoms with Crippen LogP contribution in [0.4, 0.5) is 0 Å². The average molecular weight is 364 g/mol. The summed E-state index contributed by atoms with van der Waals surface area (Å²) in [5, 5.41) is 0. The second-order valence-electron chi connectivity index (χ2n) is 4.77. The van der Waals surface area contributed by atoms with E-state index in [2.05, 4.69) is 70.7 Å². The van der Waals surface area contributed by atoms with Gasteiger partial charge in [-0.25, -0.2) is 9.97 Å². The van der Waals surface area contributed by atoms with Gasteiger partial charge in [0.15, 0.2) is 0 Å². The van der Waals surface area contributed by atoms with Crippen LogP contribution in [-0.4, -0.2) is 9.97 Å². The highest BCUT2D eigenvalue weighted by Crippen LogP contribution is 2.19. The van der Waals surface area contributed by atoms with Crippen LogP contribution < -0.4 is 0 Å². The Bertz CT molecular complexity index is 589. The van der Waals surface area contributed by atoms with Crippen LogP contribution in [-0.2, 0) is 0 Å². The van der Waals surface area contributed by atoms with E-state index in [-0.39, 0.29) is 0 Å². The lowest BCUT2D eigenvalue weighted by Gasteiger charge is -2.08. The van der Waals surface area contributed by atoms with Gasteiger partial charge in [0, 0.05) is 5.92 Å². The van der Waals surface area contributed by atoms with Crippen molar-refractivity contribution in [3.8, 4) is 0 Å². The Morgan fingerprint density at radius 3 is 2.37 bits per heavy atom. The minimum absolute atomic E-state index is 0.347. The molecule has 2 aromatic rings. The van der Waals surface area contributed by atoms with Crippen molar-refractivity contribution in [2.75, 3.05) is 0 Å². The molecule has 0 aliphatic carbocycles. The number of nitrogens with zero attached hydrogens (tertiary/aromatic N) is 2. The van der Waals surface area contributed by atoms with Gasteiger partial charge in [0.2, 0.25) is 0 Å². The molecule has 2 rings (SSSR count). The minimum atomic E-state index is 0.347. The van der Waals surface area contributed by atoms with Crippen molar-refractivity contribution in [1.82, 2.24) is 9.97 Å². The molecule has 0 amide bonds. The van der Waals surface area contributed by atoms with Crippen LogP contribution in [0.5, 0.6) is 0 Å². The standard InChI is InChI=1S/C16H17IN2/c1-11(2)16-18-12(3)15(17)14(19-16)10-9-13-7-5-4-6-8-13/h4-11H,1-3H3. The molecule has 0 unspecified atom stereocenters. The van der Waals surface area contributed by atoms with Crippen molar-refractivity contribution in [2.24, 2.45) is 0 Å². The highest BCUT2D eigenvalue weighted by atomic mass is 127. The Kier molecular flexibility index (Phi) is 4.69. The molecule has 2 nitrogen and oxygen atoms in total. The molecule has 19 heavy (non-hydrogen) atoms. The average Bonchev–Trinajstić information content (AvgIpc) is 2.41. The molecule has 1 heterocycles. The summed E-state index contributed by atoms with van der Waals surface area (Å²) in [7, 11) is 0. The molecule has 3 heteroatoms. The summed E-state index contributed by atoms with van der Waals surface area (Å²) >= 11 is 2.31. The first-order valence-electron chi connectivity index (χ1n) is 6.35. The predicted octanol–water partition coefficient (Wildman–Crippen LogP) is 4.68. The predicted molar refractivity (Wildman–Crippen MR) is 88.9 cm³/mol. The van der Waals surface area contributed by atoms with E-state index in [1.807, 2.05) is 25.1 Å².